The predicted octanol–water partition coefficient (Wildman–Crippen LogP) is 3.71. The van der Waals surface area contributed by atoms with Crippen LogP contribution in [-0.4, -0.2) is 11.1 Å². The maximum Gasteiger partial charge on any atom is 0.303 e. The van der Waals surface area contributed by atoms with Gasteiger partial charge in [0.15, 0.2) is 0 Å². The Morgan fingerprint density at radius 1 is 1.47 bits per heavy atom. The van der Waals surface area contributed by atoms with Crippen molar-refractivity contribution in [2.24, 2.45) is 11.7 Å². The monoisotopic (exact) mass is 363 g/mol. The lowest BCUT2D eigenvalue weighted by Gasteiger charge is -2.17. The fourth-order valence-electron chi connectivity index (χ4n) is 1.74. The van der Waals surface area contributed by atoms with Crippen molar-refractivity contribution in [3.05, 3.63) is 32.7 Å². The number of hydrogen-bond acceptors (Lipinski definition) is 2. The van der Waals surface area contributed by atoms with E-state index in [0.717, 1.165) is 14.5 Å². The maximum absolute atomic E-state index is 10.6. The van der Waals surface area contributed by atoms with E-state index in [1.54, 1.807) is 0 Å². The van der Waals surface area contributed by atoms with Gasteiger partial charge in [0.25, 0.3) is 0 Å². The van der Waals surface area contributed by atoms with E-state index in [1.165, 1.54) is 0 Å². The van der Waals surface area contributed by atoms with E-state index in [2.05, 4.69) is 31.9 Å². The third-order valence-electron chi connectivity index (χ3n) is 2.54. The smallest absolute Gasteiger partial charge is 0.303 e. The minimum absolute atomic E-state index is 0.0633. The van der Waals surface area contributed by atoms with E-state index in [0.29, 0.717) is 6.42 Å². The molecule has 0 spiro atoms. The summed E-state index contributed by atoms with van der Waals surface area (Å²) < 4.78 is 1.92. The van der Waals surface area contributed by atoms with Gasteiger partial charge in [-0.25, -0.2) is 0 Å². The first kappa shape index (κ1) is 14.7. The molecule has 17 heavy (non-hydrogen) atoms. The molecule has 3 nitrogen and oxygen atoms in total. The van der Waals surface area contributed by atoms with Crippen molar-refractivity contribution in [1.29, 1.82) is 0 Å². The Hall–Kier alpha value is -0.390. The highest BCUT2D eigenvalue weighted by molar-refractivity contribution is 9.11. The molecule has 1 aromatic carbocycles. The van der Waals surface area contributed by atoms with Gasteiger partial charge < -0.3 is 10.8 Å². The van der Waals surface area contributed by atoms with Crippen molar-refractivity contribution in [2.75, 3.05) is 0 Å². The van der Waals surface area contributed by atoms with Gasteiger partial charge in [-0.1, -0.05) is 38.8 Å². The summed E-state index contributed by atoms with van der Waals surface area (Å²) in [6.45, 7) is 1.90. The van der Waals surface area contributed by atoms with Crippen LogP contribution in [0.5, 0.6) is 0 Å². The van der Waals surface area contributed by atoms with Crippen LogP contribution in [-0.2, 0) is 4.79 Å². The fourth-order valence-corrected chi connectivity index (χ4v) is 2.66. The molecule has 0 bridgehead atoms. The Labute approximate surface area is 118 Å². The zero-order chi connectivity index (χ0) is 13.0. The molecule has 5 heteroatoms. The Morgan fingerprint density at radius 2 is 2.12 bits per heavy atom. The number of nitrogens with two attached hydrogens (primary N) is 1. The normalized spacial score (nSPS) is 14.4. The van der Waals surface area contributed by atoms with Crippen LogP contribution in [0.15, 0.2) is 27.1 Å². The van der Waals surface area contributed by atoms with Crippen LogP contribution in [0.1, 0.15) is 31.4 Å². The van der Waals surface area contributed by atoms with Gasteiger partial charge in [0, 0.05) is 21.4 Å². The van der Waals surface area contributed by atoms with Crippen molar-refractivity contribution in [3.8, 4) is 0 Å². The van der Waals surface area contributed by atoms with Gasteiger partial charge in [-0.05, 0) is 36.1 Å². The number of carboxylic acids is 1. The minimum Gasteiger partial charge on any atom is -0.481 e. The van der Waals surface area contributed by atoms with E-state index in [4.69, 9.17) is 10.8 Å². The highest BCUT2D eigenvalue weighted by Gasteiger charge is 2.16. The summed E-state index contributed by atoms with van der Waals surface area (Å²) in [6.07, 6.45) is 0.806. The number of carboxylic acid groups (broad SMARTS) is 1. The molecule has 0 aliphatic rings. The summed E-state index contributed by atoms with van der Waals surface area (Å²) in [5.41, 5.74) is 7.09. The van der Waals surface area contributed by atoms with Crippen LogP contribution in [0, 0.1) is 5.92 Å². The molecule has 94 valence electrons. The first-order valence-electron chi connectivity index (χ1n) is 5.32. The molecule has 0 heterocycles. The van der Waals surface area contributed by atoms with Crippen molar-refractivity contribution < 1.29 is 9.90 Å². The molecular weight excluding hydrogens is 350 g/mol. The summed E-state index contributed by atoms with van der Waals surface area (Å²) in [5.74, 6) is -0.716. The van der Waals surface area contributed by atoms with Crippen LogP contribution >= 0.6 is 31.9 Å². The molecular formula is C12H15Br2NO2. The van der Waals surface area contributed by atoms with Gasteiger partial charge in [0.1, 0.15) is 0 Å². The van der Waals surface area contributed by atoms with Gasteiger partial charge in [0.05, 0.1) is 0 Å². The molecule has 0 aliphatic heterocycles. The summed E-state index contributed by atoms with van der Waals surface area (Å²) >= 11 is 6.86. The topological polar surface area (TPSA) is 63.3 Å². The Balaban J connectivity index is 2.72. The van der Waals surface area contributed by atoms with Gasteiger partial charge in [-0.15, -0.1) is 0 Å². The number of rotatable bonds is 5. The number of halogens is 2. The molecule has 0 amide bonds. The number of aliphatic carboxylic acids is 1. The Morgan fingerprint density at radius 3 is 2.71 bits per heavy atom. The van der Waals surface area contributed by atoms with E-state index in [1.807, 2.05) is 25.1 Å². The lowest BCUT2D eigenvalue weighted by Crippen LogP contribution is -2.16. The molecule has 0 saturated heterocycles. The van der Waals surface area contributed by atoms with Crippen molar-refractivity contribution in [2.45, 2.75) is 25.8 Å². The Bertz CT molecular complexity index is 409. The van der Waals surface area contributed by atoms with Gasteiger partial charge in [-0.3, -0.25) is 4.79 Å². The molecule has 1 aromatic rings. The SMILES string of the molecule is CC(CC(=O)O)CC(N)c1cc(Br)ccc1Br. The molecule has 0 aliphatic carbocycles. The van der Waals surface area contributed by atoms with Crippen molar-refractivity contribution >= 4 is 37.8 Å². The maximum atomic E-state index is 10.6. The van der Waals surface area contributed by atoms with E-state index in [9.17, 15) is 4.79 Å². The summed E-state index contributed by atoms with van der Waals surface area (Å²) in [4.78, 5) is 10.6. The lowest BCUT2D eigenvalue weighted by molar-refractivity contribution is -0.138. The molecule has 0 saturated carbocycles. The van der Waals surface area contributed by atoms with Crippen molar-refractivity contribution in [1.82, 2.24) is 0 Å². The first-order valence-corrected chi connectivity index (χ1v) is 6.91. The standard InChI is InChI=1S/C12H15Br2NO2/c1-7(5-12(16)17)4-11(15)9-6-8(13)2-3-10(9)14/h2-3,6-7,11H,4-5,15H2,1H3,(H,16,17). The second-order valence-electron chi connectivity index (χ2n) is 4.21. The molecule has 2 unspecified atom stereocenters. The second kappa shape index (κ2) is 6.52. The highest BCUT2D eigenvalue weighted by Crippen LogP contribution is 2.29. The zero-order valence-electron chi connectivity index (χ0n) is 9.49. The summed E-state index contributed by atoms with van der Waals surface area (Å²) in [6, 6.07) is 5.67. The van der Waals surface area contributed by atoms with E-state index in [-0.39, 0.29) is 18.4 Å². The summed E-state index contributed by atoms with van der Waals surface area (Å²) in [7, 11) is 0. The molecule has 0 radical (unpaired) electrons. The summed E-state index contributed by atoms with van der Waals surface area (Å²) in [5, 5.41) is 8.71. The lowest BCUT2D eigenvalue weighted by atomic mass is 9.94. The molecule has 0 aromatic heterocycles. The first-order chi connectivity index (χ1) is 7.90. The average Bonchev–Trinajstić information content (AvgIpc) is 2.20. The molecule has 0 fully saturated rings. The third kappa shape index (κ3) is 4.77. The van der Waals surface area contributed by atoms with Gasteiger partial charge in [0.2, 0.25) is 0 Å². The van der Waals surface area contributed by atoms with Crippen LogP contribution < -0.4 is 5.73 Å². The minimum atomic E-state index is -0.780. The number of carbonyl (C=O) groups is 1. The number of benzene rings is 1. The van der Waals surface area contributed by atoms with Crippen LogP contribution in [0.25, 0.3) is 0 Å². The predicted molar refractivity (Wildman–Crippen MR) is 74.8 cm³/mol. The molecule has 3 N–H and O–H groups in total. The zero-order valence-corrected chi connectivity index (χ0v) is 12.7. The van der Waals surface area contributed by atoms with Crippen LogP contribution in [0.3, 0.4) is 0 Å². The highest BCUT2D eigenvalue weighted by atomic mass is 79.9. The quantitative estimate of drug-likeness (QED) is 0.836. The average molecular weight is 365 g/mol. The van der Waals surface area contributed by atoms with E-state index < -0.39 is 5.97 Å². The van der Waals surface area contributed by atoms with Gasteiger partial charge >= 0.3 is 5.97 Å². The largest absolute Gasteiger partial charge is 0.481 e. The molecule has 1 rings (SSSR count). The molecule has 2 atom stereocenters. The second-order valence-corrected chi connectivity index (χ2v) is 5.98. The van der Waals surface area contributed by atoms with Crippen molar-refractivity contribution in [3.63, 3.8) is 0 Å². The van der Waals surface area contributed by atoms with Crippen LogP contribution in [0.2, 0.25) is 0 Å². The fraction of sp³-hybridized carbons (Fsp3) is 0.417. The van der Waals surface area contributed by atoms with Gasteiger partial charge in [-0.2, -0.15) is 0 Å². The van der Waals surface area contributed by atoms with Crippen LogP contribution in [0.4, 0.5) is 0 Å². The third-order valence-corrected chi connectivity index (χ3v) is 3.75. The Kier molecular flexibility index (Phi) is 5.62. The van der Waals surface area contributed by atoms with E-state index >= 15 is 0 Å². The number of hydrogen-bond donors (Lipinski definition) is 2.